The number of carboxylic acid groups (broad SMARTS) is 1. The number of rotatable bonds is 6. The Morgan fingerprint density at radius 2 is 2.04 bits per heavy atom. The van der Waals surface area contributed by atoms with Gasteiger partial charge in [0.15, 0.2) is 0 Å². The number of aromatic carboxylic acids is 1. The van der Waals surface area contributed by atoms with Crippen molar-refractivity contribution >= 4 is 17.9 Å². The van der Waals surface area contributed by atoms with Crippen molar-refractivity contribution in [2.45, 2.75) is 6.54 Å². The third-order valence-corrected chi connectivity index (χ3v) is 3.21. The molecule has 7 nitrogen and oxygen atoms in total. The maximum absolute atomic E-state index is 13.4. The molecule has 0 bridgehead atoms. The lowest BCUT2D eigenvalue weighted by atomic mass is 10.0. The molecule has 0 aromatic heterocycles. The van der Waals surface area contributed by atoms with Crippen molar-refractivity contribution in [2.24, 2.45) is 5.10 Å². The number of nitro benzene ring substituents is 1. The topological polar surface area (TPSA) is 96.0 Å². The fourth-order valence-corrected chi connectivity index (χ4v) is 2.12. The molecule has 0 saturated carbocycles. The van der Waals surface area contributed by atoms with E-state index in [0.717, 1.165) is 11.6 Å². The molecule has 0 fully saturated rings. The summed E-state index contributed by atoms with van der Waals surface area (Å²) in [4.78, 5) is 21.6. The summed E-state index contributed by atoms with van der Waals surface area (Å²) in [5.41, 5.74) is -0.337. The lowest BCUT2D eigenvalue weighted by molar-refractivity contribution is -0.385. The first kappa shape index (κ1) is 17.1. The predicted octanol–water partition coefficient (Wildman–Crippen LogP) is 2.90. The van der Waals surface area contributed by atoms with Gasteiger partial charge in [-0.05, 0) is 11.6 Å². The van der Waals surface area contributed by atoms with E-state index in [1.54, 1.807) is 0 Å². The summed E-state index contributed by atoms with van der Waals surface area (Å²) >= 11 is 0. The molecular weight excluding hydrogens is 317 g/mol. The van der Waals surface area contributed by atoms with Gasteiger partial charge in [0.2, 0.25) is 0 Å². The molecule has 0 unspecified atom stereocenters. The number of hydrazone groups is 1. The molecule has 0 aliphatic heterocycles. The Kier molecular flexibility index (Phi) is 5.20. The number of carboxylic acids is 1. The molecule has 0 aliphatic rings. The summed E-state index contributed by atoms with van der Waals surface area (Å²) < 4.78 is 13.4. The maximum atomic E-state index is 13.4. The molecule has 2 aromatic carbocycles. The van der Waals surface area contributed by atoms with Gasteiger partial charge < -0.3 is 5.11 Å². The summed E-state index contributed by atoms with van der Waals surface area (Å²) in [5.74, 6) is -2.41. The SMILES string of the molecule is CN(Cc1c(C(=O)O)cc(F)cc1[N+](=O)[O-])/N=C/c1ccccc1. The van der Waals surface area contributed by atoms with Gasteiger partial charge in [-0.3, -0.25) is 15.1 Å². The largest absolute Gasteiger partial charge is 0.478 e. The van der Waals surface area contributed by atoms with Crippen LogP contribution in [0.3, 0.4) is 0 Å². The monoisotopic (exact) mass is 331 g/mol. The van der Waals surface area contributed by atoms with Crippen LogP contribution in [-0.4, -0.2) is 34.3 Å². The zero-order valence-corrected chi connectivity index (χ0v) is 12.7. The van der Waals surface area contributed by atoms with E-state index in [9.17, 15) is 24.4 Å². The highest BCUT2D eigenvalue weighted by Gasteiger charge is 2.24. The van der Waals surface area contributed by atoms with Gasteiger partial charge in [0.25, 0.3) is 5.69 Å². The molecule has 1 N–H and O–H groups in total. The molecule has 124 valence electrons. The van der Waals surface area contributed by atoms with Crippen LogP contribution >= 0.6 is 0 Å². The highest BCUT2D eigenvalue weighted by Crippen LogP contribution is 2.26. The Balaban J connectivity index is 2.32. The van der Waals surface area contributed by atoms with Crippen LogP contribution in [0.15, 0.2) is 47.6 Å². The average molecular weight is 331 g/mol. The van der Waals surface area contributed by atoms with Crippen molar-refractivity contribution in [3.63, 3.8) is 0 Å². The molecule has 0 aliphatic carbocycles. The third-order valence-electron chi connectivity index (χ3n) is 3.21. The quantitative estimate of drug-likeness (QED) is 0.499. The van der Waals surface area contributed by atoms with Crippen LogP contribution in [0.25, 0.3) is 0 Å². The summed E-state index contributed by atoms with van der Waals surface area (Å²) in [5, 5.41) is 25.7. The first-order valence-electron chi connectivity index (χ1n) is 6.88. The molecule has 0 spiro atoms. The van der Waals surface area contributed by atoms with E-state index in [-0.39, 0.29) is 12.1 Å². The van der Waals surface area contributed by atoms with Crippen LogP contribution < -0.4 is 0 Å². The van der Waals surface area contributed by atoms with Gasteiger partial charge in [0.05, 0.1) is 34.9 Å². The Morgan fingerprint density at radius 3 is 2.62 bits per heavy atom. The summed E-state index contributed by atoms with van der Waals surface area (Å²) in [6, 6.07) is 10.6. The Bertz CT molecular complexity index is 758. The summed E-state index contributed by atoms with van der Waals surface area (Å²) in [6.07, 6.45) is 1.54. The van der Waals surface area contributed by atoms with E-state index in [1.165, 1.54) is 18.3 Å². The van der Waals surface area contributed by atoms with Crippen LogP contribution in [0.5, 0.6) is 0 Å². The number of nitro groups is 1. The van der Waals surface area contributed by atoms with Crippen LogP contribution in [0.1, 0.15) is 21.5 Å². The minimum absolute atomic E-state index is 0.110. The first-order chi connectivity index (χ1) is 11.4. The van der Waals surface area contributed by atoms with Gasteiger partial charge in [0.1, 0.15) is 5.82 Å². The van der Waals surface area contributed by atoms with E-state index < -0.39 is 28.0 Å². The molecule has 0 saturated heterocycles. The zero-order chi connectivity index (χ0) is 17.7. The van der Waals surface area contributed by atoms with Crippen LogP contribution in [0.4, 0.5) is 10.1 Å². The highest BCUT2D eigenvalue weighted by molar-refractivity contribution is 5.90. The smallest absolute Gasteiger partial charge is 0.336 e. The van der Waals surface area contributed by atoms with Crippen LogP contribution in [-0.2, 0) is 6.54 Å². The van der Waals surface area contributed by atoms with Gasteiger partial charge in [-0.1, -0.05) is 30.3 Å². The molecule has 24 heavy (non-hydrogen) atoms. The molecular formula is C16H14FN3O4. The van der Waals surface area contributed by atoms with E-state index in [1.807, 2.05) is 30.3 Å². The third kappa shape index (κ3) is 4.13. The fraction of sp³-hybridized carbons (Fsp3) is 0.125. The van der Waals surface area contributed by atoms with E-state index in [4.69, 9.17) is 0 Å². The van der Waals surface area contributed by atoms with Crippen LogP contribution in [0.2, 0.25) is 0 Å². The highest BCUT2D eigenvalue weighted by atomic mass is 19.1. The molecule has 0 atom stereocenters. The second kappa shape index (κ2) is 7.32. The van der Waals surface area contributed by atoms with Crippen molar-refractivity contribution < 1.29 is 19.2 Å². The normalized spacial score (nSPS) is 10.8. The molecule has 8 heteroatoms. The van der Waals surface area contributed by atoms with E-state index >= 15 is 0 Å². The number of hydrogen-bond donors (Lipinski definition) is 1. The molecule has 2 rings (SSSR count). The number of carbonyl (C=O) groups is 1. The Labute approximate surface area is 136 Å². The standard InChI is InChI=1S/C16H14FN3O4/c1-19(18-9-11-5-3-2-4-6-11)10-14-13(16(21)22)7-12(17)8-15(14)20(23)24/h2-9H,10H2,1H3,(H,21,22)/b18-9+. The van der Waals surface area contributed by atoms with Crippen molar-refractivity contribution in [2.75, 3.05) is 7.05 Å². The Hall–Kier alpha value is -3.29. The molecule has 0 radical (unpaired) electrons. The summed E-state index contributed by atoms with van der Waals surface area (Å²) in [6.45, 7) is -0.151. The van der Waals surface area contributed by atoms with Crippen LogP contribution in [0, 0.1) is 15.9 Å². The lowest BCUT2D eigenvalue weighted by Gasteiger charge is -2.15. The van der Waals surface area contributed by atoms with Crippen molar-refractivity contribution in [3.05, 3.63) is 75.1 Å². The Morgan fingerprint density at radius 1 is 1.38 bits per heavy atom. The van der Waals surface area contributed by atoms with Gasteiger partial charge in [-0.15, -0.1) is 0 Å². The predicted molar refractivity (Wildman–Crippen MR) is 85.5 cm³/mol. The number of halogens is 1. The van der Waals surface area contributed by atoms with Crippen molar-refractivity contribution in [1.29, 1.82) is 0 Å². The summed E-state index contributed by atoms with van der Waals surface area (Å²) in [7, 11) is 1.54. The second-order valence-electron chi connectivity index (χ2n) is 4.98. The van der Waals surface area contributed by atoms with Crippen molar-refractivity contribution in [1.82, 2.24) is 5.01 Å². The van der Waals surface area contributed by atoms with Crippen molar-refractivity contribution in [3.8, 4) is 0 Å². The maximum Gasteiger partial charge on any atom is 0.336 e. The molecule has 0 heterocycles. The second-order valence-corrected chi connectivity index (χ2v) is 4.98. The van der Waals surface area contributed by atoms with E-state index in [0.29, 0.717) is 6.07 Å². The minimum Gasteiger partial charge on any atom is -0.478 e. The number of hydrogen-bond acceptors (Lipinski definition) is 5. The average Bonchev–Trinajstić information content (AvgIpc) is 2.54. The zero-order valence-electron chi connectivity index (χ0n) is 12.7. The van der Waals surface area contributed by atoms with Gasteiger partial charge >= 0.3 is 5.97 Å². The minimum atomic E-state index is -1.44. The van der Waals surface area contributed by atoms with E-state index in [2.05, 4.69) is 5.10 Å². The molecule has 2 aromatic rings. The van der Waals surface area contributed by atoms with Gasteiger partial charge in [-0.25, -0.2) is 9.18 Å². The first-order valence-corrected chi connectivity index (χ1v) is 6.88. The number of benzene rings is 2. The van der Waals surface area contributed by atoms with Gasteiger partial charge in [0, 0.05) is 7.05 Å². The lowest BCUT2D eigenvalue weighted by Crippen LogP contribution is -2.16. The van der Waals surface area contributed by atoms with Gasteiger partial charge in [-0.2, -0.15) is 5.10 Å². The fourth-order valence-electron chi connectivity index (χ4n) is 2.12. The molecule has 0 amide bonds. The number of nitrogens with zero attached hydrogens (tertiary/aromatic N) is 3.